The number of hydrogen-bond donors (Lipinski definition) is 0. The molecule has 24 heavy (non-hydrogen) atoms. The second-order valence-corrected chi connectivity index (χ2v) is 6.29. The number of nitrogens with zero attached hydrogens (tertiary/aromatic N) is 3. The Balaban J connectivity index is 1.59. The molecule has 4 heteroatoms. The van der Waals surface area contributed by atoms with Crippen molar-refractivity contribution in [3.05, 3.63) is 65.5 Å². The molecule has 1 aromatic heterocycles. The molecule has 0 aliphatic carbocycles. The van der Waals surface area contributed by atoms with Crippen LogP contribution in [0.5, 0.6) is 0 Å². The van der Waals surface area contributed by atoms with Gasteiger partial charge in [0.25, 0.3) is 0 Å². The van der Waals surface area contributed by atoms with E-state index in [0.29, 0.717) is 13.1 Å². The molecular formula is C20H21N3O. The van der Waals surface area contributed by atoms with Crippen molar-refractivity contribution in [2.45, 2.75) is 32.9 Å². The van der Waals surface area contributed by atoms with Crippen LogP contribution in [-0.2, 0) is 30.7 Å². The van der Waals surface area contributed by atoms with E-state index in [1.54, 1.807) is 0 Å². The Hall–Kier alpha value is -2.62. The molecule has 0 atom stereocenters. The van der Waals surface area contributed by atoms with Gasteiger partial charge in [0.1, 0.15) is 12.4 Å². The number of fused-ring (bicyclic) bond motifs is 2. The first-order valence-electron chi connectivity index (χ1n) is 8.55. The Morgan fingerprint density at radius 3 is 2.67 bits per heavy atom. The van der Waals surface area contributed by atoms with Crippen LogP contribution in [0.2, 0.25) is 0 Å². The van der Waals surface area contributed by atoms with Crippen LogP contribution in [0.25, 0.3) is 11.0 Å². The number of amides is 1. The molecule has 2 aromatic carbocycles. The van der Waals surface area contributed by atoms with Crippen LogP contribution in [0.4, 0.5) is 0 Å². The minimum absolute atomic E-state index is 0.169. The Morgan fingerprint density at radius 1 is 1.08 bits per heavy atom. The summed E-state index contributed by atoms with van der Waals surface area (Å²) in [6.07, 6.45) is 1.76. The molecule has 0 N–H and O–H groups in total. The summed E-state index contributed by atoms with van der Waals surface area (Å²) in [6, 6.07) is 16.4. The van der Waals surface area contributed by atoms with E-state index in [1.807, 2.05) is 35.2 Å². The predicted octanol–water partition coefficient (Wildman–Crippen LogP) is 3.18. The molecule has 1 aliphatic heterocycles. The maximum absolute atomic E-state index is 12.9. The Morgan fingerprint density at radius 2 is 1.83 bits per heavy atom. The normalized spacial score (nSPS) is 14.0. The summed E-state index contributed by atoms with van der Waals surface area (Å²) in [7, 11) is 0. The van der Waals surface area contributed by atoms with Crippen molar-refractivity contribution in [3.8, 4) is 0 Å². The van der Waals surface area contributed by atoms with Crippen LogP contribution >= 0.6 is 0 Å². The average Bonchev–Trinajstić information content (AvgIpc) is 2.99. The van der Waals surface area contributed by atoms with E-state index in [-0.39, 0.29) is 5.91 Å². The van der Waals surface area contributed by atoms with Gasteiger partial charge in [0.2, 0.25) is 5.91 Å². The molecule has 0 saturated heterocycles. The fourth-order valence-electron chi connectivity index (χ4n) is 3.52. The smallest absolute Gasteiger partial charge is 0.242 e. The fourth-order valence-corrected chi connectivity index (χ4v) is 3.52. The van der Waals surface area contributed by atoms with E-state index in [2.05, 4.69) is 34.7 Å². The van der Waals surface area contributed by atoms with Crippen LogP contribution in [0.1, 0.15) is 23.9 Å². The standard InChI is InChI=1S/C20H21N3O/c1-2-19-21-17-9-5-6-10-18(17)23(19)14-20(24)22-12-11-15-7-3-4-8-16(15)13-22/h3-10H,2,11-14H2,1H3. The molecule has 0 unspecified atom stereocenters. The number of imidazole rings is 1. The highest BCUT2D eigenvalue weighted by Gasteiger charge is 2.22. The summed E-state index contributed by atoms with van der Waals surface area (Å²) < 4.78 is 2.07. The van der Waals surface area contributed by atoms with Gasteiger partial charge in [-0.15, -0.1) is 0 Å². The van der Waals surface area contributed by atoms with E-state index in [0.717, 1.165) is 36.2 Å². The van der Waals surface area contributed by atoms with Crippen LogP contribution in [0, 0.1) is 0 Å². The molecule has 2 heterocycles. The predicted molar refractivity (Wildman–Crippen MR) is 94.7 cm³/mol. The number of benzene rings is 2. The zero-order valence-electron chi connectivity index (χ0n) is 13.9. The third kappa shape index (κ3) is 2.58. The number of carbonyl (C=O) groups is 1. The largest absolute Gasteiger partial charge is 0.336 e. The van der Waals surface area contributed by atoms with Gasteiger partial charge < -0.3 is 9.47 Å². The lowest BCUT2D eigenvalue weighted by Gasteiger charge is -2.29. The lowest BCUT2D eigenvalue weighted by Crippen LogP contribution is -2.38. The summed E-state index contributed by atoms with van der Waals surface area (Å²) in [5.41, 5.74) is 4.64. The first-order chi connectivity index (χ1) is 11.8. The summed E-state index contributed by atoms with van der Waals surface area (Å²) in [4.78, 5) is 19.5. The minimum Gasteiger partial charge on any atom is -0.336 e. The highest BCUT2D eigenvalue weighted by atomic mass is 16.2. The van der Waals surface area contributed by atoms with Crippen LogP contribution in [0.15, 0.2) is 48.5 Å². The fraction of sp³-hybridized carbons (Fsp3) is 0.300. The van der Waals surface area contributed by atoms with Crippen molar-refractivity contribution < 1.29 is 4.79 Å². The number of carbonyl (C=O) groups excluding carboxylic acids is 1. The van der Waals surface area contributed by atoms with E-state index < -0.39 is 0 Å². The minimum atomic E-state index is 0.169. The van der Waals surface area contributed by atoms with E-state index >= 15 is 0 Å². The third-order valence-corrected chi connectivity index (χ3v) is 4.83. The lowest BCUT2D eigenvalue weighted by atomic mass is 10.00. The summed E-state index contributed by atoms with van der Waals surface area (Å²) >= 11 is 0. The van der Waals surface area contributed by atoms with Crippen LogP contribution in [0.3, 0.4) is 0 Å². The SMILES string of the molecule is CCc1nc2ccccc2n1CC(=O)N1CCc2ccccc2C1. The van der Waals surface area contributed by atoms with Crippen molar-refractivity contribution in [1.29, 1.82) is 0 Å². The number of para-hydroxylation sites is 2. The Kier molecular flexibility index (Phi) is 3.81. The average molecular weight is 319 g/mol. The lowest BCUT2D eigenvalue weighted by molar-refractivity contribution is -0.132. The van der Waals surface area contributed by atoms with Gasteiger partial charge in [0, 0.05) is 19.5 Å². The molecule has 4 nitrogen and oxygen atoms in total. The molecular weight excluding hydrogens is 298 g/mol. The van der Waals surface area contributed by atoms with E-state index in [1.165, 1.54) is 11.1 Å². The number of hydrogen-bond acceptors (Lipinski definition) is 2. The molecule has 1 aliphatic rings. The first-order valence-corrected chi connectivity index (χ1v) is 8.55. The van der Waals surface area contributed by atoms with Crippen molar-refractivity contribution in [1.82, 2.24) is 14.5 Å². The molecule has 122 valence electrons. The van der Waals surface area contributed by atoms with Crippen LogP contribution in [-0.4, -0.2) is 26.9 Å². The Labute approximate surface area is 141 Å². The van der Waals surface area contributed by atoms with Gasteiger partial charge in [-0.1, -0.05) is 43.3 Å². The van der Waals surface area contributed by atoms with Gasteiger partial charge in [-0.2, -0.15) is 0 Å². The van der Waals surface area contributed by atoms with Crippen molar-refractivity contribution in [2.75, 3.05) is 6.54 Å². The van der Waals surface area contributed by atoms with Gasteiger partial charge >= 0.3 is 0 Å². The van der Waals surface area contributed by atoms with Gasteiger partial charge in [-0.3, -0.25) is 4.79 Å². The number of aromatic nitrogens is 2. The molecule has 0 radical (unpaired) electrons. The molecule has 0 saturated carbocycles. The summed E-state index contributed by atoms with van der Waals surface area (Å²) in [6.45, 7) is 3.96. The van der Waals surface area contributed by atoms with Crippen LogP contribution < -0.4 is 0 Å². The molecule has 0 bridgehead atoms. The second kappa shape index (κ2) is 6.11. The van der Waals surface area contributed by atoms with Crippen molar-refractivity contribution >= 4 is 16.9 Å². The van der Waals surface area contributed by atoms with Gasteiger partial charge in [0.15, 0.2) is 0 Å². The molecule has 0 fully saturated rings. The number of aryl methyl sites for hydroxylation is 1. The first kappa shape index (κ1) is 14.9. The maximum Gasteiger partial charge on any atom is 0.242 e. The van der Waals surface area contributed by atoms with Gasteiger partial charge in [0.05, 0.1) is 11.0 Å². The summed E-state index contributed by atoms with van der Waals surface area (Å²) in [5.74, 6) is 1.14. The zero-order chi connectivity index (χ0) is 16.5. The van der Waals surface area contributed by atoms with Crippen molar-refractivity contribution in [3.63, 3.8) is 0 Å². The Bertz CT molecular complexity index is 897. The van der Waals surface area contributed by atoms with E-state index in [4.69, 9.17) is 0 Å². The van der Waals surface area contributed by atoms with E-state index in [9.17, 15) is 4.79 Å². The van der Waals surface area contributed by atoms with Gasteiger partial charge in [-0.05, 0) is 29.7 Å². The monoisotopic (exact) mass is 319 g/mol. The molecule has 1 amide bonds. The van der Waals surface area contributed by atoms with Crippen molar-refractivity contribution in [2.24, 2.45) is 0 Å². The zero-order valence-corrected chi connectivity index (χ0v) is 13.9. The molecule has 4 rings (SSSR count). The van der Waals surface area contributed by atoms with Gasteiger partial charge in [-0.25, -0.2) is 4.98 Å². The molecule has 3 aromatic rings. The highest BCUT2D eigenvalue weighted by molar-refractivity contribution is 5.81. The third-order valence-electron chi connectivity index (χ3n) is 4.83. The number of rotatable bonds is 3. The molecule has 0 spiro atoms. The second-order valence-electron chi connectivity index (χ2n) is 6.29. The quantitative estimate of drug-likeness (QED) is 0.743. The maximum atomic E-state index is 12.9. The summed E-state index contributed by atoms with van der Waals surface area (Å²) in [5, 5.41) is 0. The topological polar surface area (TPSA) is 38.1 Å². The highest BCUT2D eigenvalue weighted by Crippen LogP contribution is 2.20.